The van der Waals surface area contributed by atoms with Gasteiger partial charge in [0.05, 0.1) is 0 Å². The molecule has 0 aromatic heterocycles. The monoisotopic (exact) mass is 176 g/mol. The molecular formula is C5H16N6O. The highest BCUT2D eigenvalue weighted by molar-refractivity contribution is 5.72. The Balaban J connectivity index is 0.000000202. The van der Waals surface area contributed by atoms with Gasteiger partial charge in [0.2, 0.25) is 0 Å². The van der Waals surface area contributed by atoms with E-state index in [1.54, 1.807) is 10.9 Å². The maximum absolute atomic E-state index is 9.71. The van der Waals surface area contributed by atoms with E-state index in [-0.39, 0.29) is 0 Å². The van der Waals surface area contributed by atoms with Gasteiger partial charge in [-0.3, -0.25) is 10.9 Å². The number of carbonyl (C=O) groups excluding carboxylic acids is 1. The first-order valence-electron chi connectivity index (χ1n) is 3.70. The molecule has 7 nitrogen and oxygen atoms in total. The number of amides is 2. The van der Waals surface area contributed by atoms with E-state index in [1.165, 1.54) is 0 Å². The maximum Gasteiger partial charge on any atom is 0.343 e. The van der Waals surface area contributed by atoms with Crippen LogP contribution in [-0.2, 0) is 0 Å². The summed E-state index contributed by atoms with van der Waals surface area (Å²) in [4.78, 5) is 9.71. The molecular weight excluding hydrogens is 160 g/mol. The number of urea groups is 1. The van der Waals surface area contributed by atoms with E-state index in [0.717, 1.165) is 26.2 Å². The number of nitrogens with one attached hydrogen (secondary N) is 4. The van der Waals surface area contributed by atoms with Crippen molar-refractivity contribution < 1.29 is 4.79 Å². The Hall–Kier alpha value is -0.890. The standard InChI is InChI=1S/C4H10N2.CH6N4O/c1-2-6-4-3-5-1;2-4-1(6)5-3/h5-6H,1-4H2;2-3H2,(H2,4,5,6). The van der Waals surface area contributed by atoms with Gasteiger partial charge in [0.15, 0.2) is 0 Å². The first-order chi connectivity index (χ1) is 5.81. The zero-order chi connectivity index (χ0) is 9.23. The summed E-state index contributed by atoms with van der Waals surface area (Å²) in [5.41, 5.74) is 3.48. The second-order valence-corrected chi connectivity index (χ2v) is 2.12. The Bertz CT molecular complexity index is 97.0. The first kappa shape index (κ1) is 11.1. The van der Waals surface area contributed by atoms with Gasteiger partial charge in [0.25, 0.3) is 0 Å². The van der Waals surface area contributed by atoms with Crippen molar-refractivity contribution in [2.24, 2.45) is 11.7 Å². The average molecular weight is 176 g/mol. The Labute approximate surface area is 71.2 Å². The Kier molecular flexibility index (Phi) is 7.60. The van der Waals surface area contributed by atoms with Gasteiger partial charge in [-0.15, -0.1) is 0 Å². The van der Waals surface area contributed by atoms with Crippen LogP contribution in [0.4, 0.5) is 4.79 Å². The van der Waals surface area contributed by atoms with E-state index in [1.807, 2.05) is 0 Å². The molecule has 0 spiro atoms. The summed E-state index contributed by atoms with van der Waals surface area (Å²) in [5.74, 6) is 9.08. The van der Waals surface area contributed by atoms with Crippen molar-refractivity contribution in [3.63, 3.8) is 0 Å². The molecule has 1 rings (SSSR count). The average Bonchev–Trinajstić information content (AvgIpc) is 2.20. The van der Waals surface area contributed by atoms with Gasteiger partial charge < -0.3 is 10.6 Å². The SMILES string of the molecule is C1CNCCN1.NNC(=O)NN. The van der Waals surface area contributed by atoms with E-state index >= 15 is 0 Å². The van der Waals surface area contributed by atoms with Gasteiger partial charge >= 0.3 is 6.03 Å². The topological polar surface area (TPSA) is 117 Å². The second-order valence-electron chi connectivity index (χ2n) is 2.12. The molecule has 1 heterocycles. The minimum Gasteiger partial charge on any atom is -0.314 e. The fourth-order valence-corrected chi connectivity index (χ4v) is 0.645. The summed E-state index contributed by atoms with van der Waals surface area (Å²) in [6.45, 7) is 4.56. The van der Waals surface area contributed by atoms with Crippen molar-refractivity contribution in [1.29, 1.82) is 0 Å². The molecule has 72 valence electrons. The molecule has 8 N–H and O–H groups in total. The van der Waals surface area contributed by atoms with Gasteiger partial charge in [-0.25, -0.2) is 16.5 Å². The molecule has 12 heavy (non-hydrogen) atoms. The number of piperazine rings is 1. The lowest BCUT2D eigenvalue weighted by Gasteiger charge is -2.11. The normalized spacial score (nSPS) is 15.5. The van der Waals surface area contributed by atoms with E-state index in [9.17, 15) is 4.79 Å². The molecule has 1 aliphatic heterocycles. The van der Waals surface area contributed by atoms with Crippen LogP contribution in [0.2, 0.25) is 0 Å². The van der Waals surface area contributed by atoms with Crippen molar-refractivity contribution in [3.05, 3.63) is 0 Å². The van der Waals surface area contributed by atoms with Crippen LogP contribution < -0.4 is 33.2 Å². The van der Waals surface area contributed by atoms with Crippen molar-refractivity contribution in [2.75, 3.05) is 26.2 Å². The molecule has 2 amide bonds. The Morgan fingerprint density at radius 3 is 1.42 bits per heavy atom. The maximum atomic E-state index is 9.71. The Morgan fingerprint density at radius 1 is 1.00 bits per heavy atom. The predicted molar refractivity (Wildman–Crippen MR) is 45.8 cm³/mol. The summed E-state index contributed by atoms with van der Waals surface area (Å²) < 4.78 is 0. The summed E-state index contributed by atoms with van der Waals surface area (Å²) >= 11 is 0. The fourth-order valence-electron chi connectivity index (χ4n) is 0.645. The van der Waals surface area contributed by atoms with Crippen molar-refractivity contribution in [2.45, 2.75) is 0 Å². The zero-order valence-corrected chi connectivity index (χ0v) is 6.89. The number of hydrogen-bond acceptors (Lipinski definition) is 5. The molecule has 0 unspecified atom stereocenters. The van der Waals surface area contributed by atoms with Crippen LogP contribution in [0.5, 0.6) is 0 Å². The molecule has 1 saturated heterocycles. The van der Waals surface area contributed by atoms with Crippen molar-refractivity contribution in [3.8, 4) is 0 Å². The molecule has 0 aromatic rings. The molecule has 1 aliphatic rings. The smallest absolute Gasteiger partial charge is 0.314 e. The van der Waals surface area contributed by atoms with E-state index in [0.29, 0.717) is 0 Å². The predicted octanol–water partition coefficient (Wildman–Crippen LogP) is -2.79. The Morgan fingerprint density at radius 2 is 1.33 bits per heavy atom. The minimum absolute atomic E-state index is 0.602. The van der Waals surface area contributed by atoms with Crippen LogP contribution in [0, 0.1) is 0 Å². The van der Waals surface area contributed by atoms with Gasteiger partial charge in [-0.05, 0) is 0 Å². The van der Waals surface area contributed by atoms with Crippen LogP contribution >= 0.6 is 0 Å². The molecule has 0 aliphatic carbocycles. The third-order valence-corrected chi connectivity index (χ3v) is 1.22. The summed E-state index contributed by atoms with van der Waals surface area (Å²) in [5, 5.41) is 6.44. The lowest BCUT2D eigenvalue weighted by atomic mass is 10.4. The summed E-state index contributed by atoms with van der Waals surface area (Å²) in [6, 6.07) is -0.602. The van der Waals surface area contributed by atoms with E-state index < -0.39 is 6.03 Å². The fraction of sp³-hybridized carbons (Fsp3) is 0.800. The van der Waals surface area contributed by atoms with E-state index in [4.69, 9.17) is 0 Å². The van der Waals surface area contributed by atoms with Crippen molar-refractivity contribution >= 4 is 6.03 Å². The zero-order valence-electron chi connectivity index (χ0n) is 6.89. The van der Waals surface area contributed by atoms with Crippen LogP contribution in [0.25, 0.3) is 0 Å². The molecule has 7 heteroatoms. The van der Waals surface area contributed by atoms with Crippen LogP contribution in [0.15, 0.2) is 0 Å². The van der Waals surface area contributed by atoms with Crippen molar-refractivity contribution in [1.82, 2.24) is 21.5 Å². The molecule has 0 aromatic carbocycles. The first-order valence-corrected chi connectivity index (χ1v) is 3.70. The third kappa shape index (κ3) is 7.22. The van der Waals surface area contributed by atoms with Gasteiger partial charge in [0, 0.05) is 26.2 Å². The van der Waals surface area contributed by atoms with Gasteiger partial charge in [-0.1, -0.05) is 0 Å². The van der Waals surface area contributed by atoms with Gasteiger partial charge in [-0.2, -0.15) is 0 Å². The second kappa shape index (κ2) is 8.21. The lowest BCUT2D eigenvalue weighted by molar-refractivity contribution is 0.241. The highest BCUT2D eigenvalue weighted by atomic mass is 16.2. The number of rotatable bonds is 0. The molecule has 0 bridgehead atoms. The van der Waals surface area contributed by atoms with E-state index in [2.05, 4.69) is 22.3 Å². The quantitative estimate of drug-likeness (QED) is 0.135. The largest absolute Gasteiger partial charge is 0.343 e. The molecule has 1 fully saturated rings. The molecule has 0 radical (unpaired) electrons. The highest BCUT2D eigenvalue weighted by Gasteiger charge is 1.91. The van der Waals surface area contributed by atoms with Gasteiger partial charge in [0.1, 0.15) is 0 Å². The van der Waals surface area contributed by atoms with Crippen LogP contribution in [0.3, 0.4) is 0 Å². The minimum atomic E-state index is -0.602. The number of carbonyl (C=O) groups is 1. The third-order valence-electron chi connectivity index (χ3n) is 1.22. The number of hydrazine groups is 2. The highest BCUT2D eigenvalue weighted by Crippen LogP contribution is 1.65. The summed E-state index contributed by atoms with van der Waals surface area (Å²) in [6.07, 6.45) is 0. The van der Waals surface area contributed by atoms with Crippen LogP contribution in [-0.4, -0.2) is 32.2 Å². The number of nitrogens with two attached hydrogens (primary N) is 2. The molecule has 0 atom stereocenters. The number of hydrogen-bond donors (Lipinski definition) is 6. The molecule has 0 saturated carbocycles. The summed E-state index contributed by atoms with van der Waals surface area (Å²) in [7, 11) is 0. The van der Waals surface area contributed by atoms with Crippen LogP contribution in [0.1, 0.15) is 0 Å². The lowest BCUT2D eigenvalue weighted by Crippen LogP contribution is -2.43.